The lowest BCUT2D eigenvalue weighted by molar-refractivity contribution is -0.131. The van der Waals surface area contributed by atoms with Crippen molar-refractivity contribution in [3.63, 3.8) is 0 Å². The Hall–Kier alpha value is -1.64. The van der Waals surface area contributed by atoms with Crippen molar-refractivity contribution in [2.24, 2.45) is 5.92 Å². The molecule has 1 aliphatic heterocycles. The number of hydrogen-bond donors (Lipinski definition) is 0. The van der Waals surface area contributed by atoms with Gasteiger partial charge < -0.3 is 4.90 Å². The van der Waals surface area contributed by atoms with Crippen LogP contribution in [0.1, 0.15) is 12.5 Å². The largest absolute Gasteiger partial charge is 0.341 e. The third-order valence-corrected chi connectivity index (χ3v) is 2.98. The van der Waals surface area contributed by atoms with E-state index in [2.05, 4.69) is 0 Å². The minimum absolute atomic E-state index is 0.113. The molecule has 2 nitrogen and oxygen atoms in total. The van der Waals surface area contributed by atoms with E-state index in [1.54, 1.807) is 24.1 Å². The summed E-state index contributed by atoms with van der Waals surface area (Å²) in [7, 11) is 1.79. The Labute approximate surface area is 94.4 Å². The Morgan fingerprint density at radius 3 is 2.56 bits per heavy atom. The van der Waals surface area contributed by atoms with Crippen LogP contribution in [0.4, 0.5) is 4.39 Å². The van der Waals surface area contributed by atoms with E-state index in [9.17, 15) is 9.18 Å². The molecule has 1 aliphatic rings. The van der Waals surface area contributed by atoms with E-state index in [0.717, 1.165) is 11.1 Å². The van der Waals surface area contributed by atoms with E-state index >= 15 is 0 Å². The predicted octanol–water partition coefficient (Wildman–Crippen LogP) is 2.32. The fourth-order valence-electron chi connectivity index (χ4n) is 1.98. The zero-order chi connectivity index (χ0) is 11.7. The van der Waals surface area contributed by atoms with Crippen LogP contribution in [0.2, 0.25) is 0 Å². The molecule has 0 bridgehead atoms. The summed E-state index contributed by atoms with van der Waals surface area (Å²) >= 11 is 0. The monoisotopic (exact) mass is 219 g/mol. The van der Waals surface area contributed by atoms with Crippen molar-refractivity contribution < 1.29 is 9.18 Å². The second kappa shape index (κ2) is 4.08. The van der Waals surface area contributed by atoms with Crippen molar-refractivity contribution in [1.82, 2.24) is 4.90 Å². The summed E-state index contributed by atoms with van der Waals surface area (Å²) in [5.74, 6) is -0.290. The normalized spacial score (nSPS) is 20.9. The second-order valence-corrected chi connectivity index (χ2v) is 4.11. The highest BCUT2D eigenvalue weighted by Gasteiger charge is 2.25. The summed E-state index contributed by atoms with van der Waals surface area (Å²) in [5.41, 5.74) is 1.92. The molecule has 84 valence electrons. The molecule has 1 amide bonds. The van der Waals surface area contributed by atoms with Gasteiger partial charge in [-0.15, -0.1) is 0 Å². The van der Waals surface area contributed by atoms with E-state index in [0.29, 0.717) is 6.54 Å². The molecule has 1 unspecified atom stereocenters. The molecule has 0 saturated heterocycles. The Bertz CT molecular complexity index is 436. The molecule has 0 saturated carbocycles. The molecule has 1 heterocycles. The Balaban J connectivity index is 2.34. The Morgan fingerprint density at radius 1 is 1.31 bits per heavy atom. The number of benzene rings is 1. The van der Waals surface area contributed by atoms with Crippen LogP contribution in [0, 0.1) is 11.7 Å². The van der Waals surface area contributed by atoms with Crippen LogP contribution in [0.15, 0.2) is 30.3 Å². The molecule has 3 heteroatoms. The smallest absolute Gasteiger partial charge is 0.229 e. The topological polar surface area (TPSA) is 20.3 Å². The number of amides is 1. The molecule has 2 rings (SSSR count). The standard InChI is InChI=1S/C13H14FNO/c1-9-12(7-8-15(2)13(9)16)10-3-5-11(14)6-4-10/h3-7,9H,8H2,1-2H3. The van der Waals surface area contributed by atoms with Crippen LogP contribution < -0.4 is 0 Å². The SMILES string of the molecule is CC1C(=O)N(C)CC=C1c1ccc(F)cc1. The van der Waals surface area contributed by atoms with Crippen molar-refractivity contribution in [2.75, 3.05) is 13.6 Å². The van der Waals surface area contributed by atoms with Crippen LogP contribution in [0.25, 0.3) is 5.57 Å². The first kappa shape index (κ1) is 10.9. The van der Waals surface area contributed by atoms with Gasteiger partial charge in [0.05, 0.1) is 5.92 Å². The number of carbonyl (C=O) groups excluding carboxylic acids is 1. The van der Waals surface area contributed by atoms with Gasteiger partial charge in [0.2, 0.25) is 5.91 Å². The first-order chi connectivity index (χ1) is 7.59. The van der Waals surface area contributed by atoms with Gasteiger partial charge in [0.1, 0.15) is 5.82 Å². The minimum Gasteiger partial charge on any atom is -0.341 e. The fraction of sp³-hybridized carbons (Fsp3) is 0.308. The lowest BCUT2D eigenvalue weighted by Gasteiger charge is -2.27. The van der Waals surface area contributed by atoms with E-state index in [-0.39, 0.29) is 17.6 Å². The fourth-order valence-corrected chi connectivity index (χ4v) is 1.98. The number of likely N-dealkylation sites (N-methyl/N-ethyl adjacent to an activating group) is 1. The highest BCUT2D eigenvalue weighted by Crippen LogP contribution is 2.27. The average Bonchev–Trinajstić information content (AvgIpc) is 2.28. The third-order valence-electron chi connectivity index (χ3n) is 2.98. The average molecular weight is 219 g/mol. The first-order valence-corrected chi connectivity index (χ1v) is 5.30. The Kier molecular flexibility index (Phi) is 2.77. The number of hydrogen-bond acceptors (Lipinski definition) is 1. The van der Waals surface area contributed by atoms with Crippen molar-refractivity contribution in [2.45, 2.75) is 6.92 Å². The van der Waals surface area contributed by atoms with Gasteiger partial charge in [-0.3, -0.25) is 4.79 Å². The summed E-state index contributed by atoms with van der Waals surface area (Å²) in [6, 6.07) is 6.28. The molecule has 0 radical (unpaired) electrons. The summed E-state index contributed by atoms with van der Waals surface area (Å²) in [5, 5.41) is 0. The van der Waals surface area contributed by atoms with Crippen molar-refractivity contribution in [1.29, 1.82) is 0 Å². The molecule has 16 heavy (non-hydrogen) atoms. The van der Waals surface area contributed by atoms with Crippen molar-refractivity contribution in [3.05, 3.63) is 41.7 Å². The zero-order valence-corrected chi connectivity index (χ0v) is 9.40. The molecule has 1 aromatic rings. The molecule has 1 atom stereocenters. The van der Waals surface area contributed by atoms with Crippen molar-refractivity contribution >= 4 is 11.5 Å². The van der Waals surface area contributed by atoms with Crippen LogP contribution in [-0.2, 0) is 4.79 Å². The Morgan fingerprint density at radius 2 is 1.94 bits per heavy atom. The van der Waals surface area contributed by atoms with E-state index in [1.165, 1.54) is 12.1 Å². The van der Waals surface area contributed by atoms with Gasteiger partial charge in [0.15, 0.2) is 0 Å². The second-order valence-electron chi connectivity index (χ2n) is 4.11. The van der Waals surface area contributed by atoms with E-state index < -0.39 is 0 Å². The first-order valence-electron chi connectivity index (χ1n) is 5.30. The molecular weight excluding hydrogens is 205 g/mol. The van der Waals surface area contributed by atoms with Gasteiger partial charge >= 0.3 is 0 Å². The van der Waals surface area contributed by atoms with E-state index in [1.807, 2.05) is 13.0 Å². The number of halogens is 1. The van der Waals surface area contributed by atoms with Crippen LogP contribution >= 0.6 is 0 Å². The van der Waals surface area contributed by atoms with Gasteiger partial charge in [0, 0.05) is 13.6 Å². The lowest BCUT2D eigenvalue weighted by atomic mass is 9.90. The highest BCUT2D eigenvalue weighted by molar-refractivity contribution is 5.93. The van der Waals surface area contributed by atoms with E-state index in [4.69, 9.17) is 0 Å². The number of rotatable bonds is 1. The summed E-state index contributed by atoms with van der Waals surface area (Å²) in [6.07, 6.45) is 2.03. The van der Waals surface area contributed by atoms with Crippen LogP contribution in [0.5, 0.6) is 0 Å². The molecule has 0 fully saturated rings. The van der Waals surface area contributed by atoms with Gasteiger partial charge in [-0.05, 0) is 30.2 Å². The quantitative estimate of drug-likeness (QED) is 0.709. The lowest BCUT2D eigenvalue weighted by Crippen LogP contribution is -2.36. The summed E-state index contributed by atoms with van der Waals surface area (Å²) in [6.45, 7) is 2.50. The van der Waals surface area contributed by atoms with Gasteiger partial charge in [0.25, 0.3) is 0 Å². The molecule has 1 aromatic carbocycles. The van der Waals surface area contributed by atoms with Gasteiger partial charge in [-0.2, -0.15) is 0 Å². The number of carbonyl (C=O) groups is 1. The summed E-state index contributed by atoms with van der Waals surface area (Å²) in [4.78, 5) is 13.5. The van der Waals surface area contributed by atoms with Gasteiger partial charge in [-0.25, -0.2) is 4.39 Å². The van der Waals surface area contributed by atoms with Crippen LogP contribution in [0.3, 0.4) is 0 Å². The zero-order valence-electron chi connectivity index (χ0n) is 9.40. The maximum absolute atomic E-state index is 12.8. The molecule has 0 N–H and O–H groups in total. The molecule has 0 spiro atoms. The molecular formula is C13H14FNO. The third kappa shape index (κ3) is 1.85. The minimum atomic E-state index is -0.253. The molecule has 0 aromatic heterocycles. The number of nitrogens with zero attached hydrogens (tertiary/aromatic N) is 1. The highest BCUT2D eigenvalue weighted by atomic mass is 19.1. The van der Waals surface area contributed by atoms with Crippen LogP contribution in [-0.4, -0.2) is 24.4 Å². The maximum atomic E-state index is 12.8. The molecule has 0 aliphatic carbocycles. The summed E-state index contributed by atoms with van der Waals surface area (Å²) < 4.78 is 12.8. The van der Waals surface area contributed by atoms with Crippen molar-refractivity contribution in [3.8, 4) is 0 Å². The predicted molar refractivity (Wildman–Crippen MR) is 61.2 cm³/mol. The maximum Gasteiger partial charge on any atom is 0.229 e. The van der Waals surface area contributed by atoms with Gasteiger partial charge in [-0.1, -0.05) is 18.2 Å².